The van der Waals surface area contributed by atoms with E-state index < -0.39 is 60.7 Å². The van der Waals surface area contributed by atoms with Gasteiger partial charge in [0.25, 0.3) is 0 Å². The molecule has 12 saturated carbocycles. The molecule has 0 heterocycles. The van der Waals surface area contributed by atoms with Crippen LogP contribution in [0, 0.1) is 71.0 Å². The summed E-state index contributed by atoms with van der Waals surface area (Å²) in [4.78, 5) is 109. The minimum absolute atomic E-state index is 0.00824. The van der Waals surface area contributed by atoms with Crippen LogP contribution in [0.2, 0.25) is 0 Å². The maximum absolute atomic E-state index is 11.4. The van der Waals surface area contributed by atoms with Crippen molar-refractivity contribution in [3.05, 3.63) is 124 Å². The first-order valence-corrected chi connectivity index (χ1v) is 46.2. The molecular weight excluding hydrogens is 1690 g/mol. The van der Waals surface area contributed by atoms with Crippen molar-refractivity contribution in [1.82, 2.24) is 0 Å². The summed E-state index contributed by atoms with van der Waals surface area (Å²) < 4.78 is 100. The fourth-order valence-corrected chi connectivity index (χ4v) is 17.4. The number of hydrogen-bond acceptors (Lipinski definition) is 30. The van der Waals surface area contributed by atoms with Gasteiger partial charge in [-0.25, -0.2) is 47.9 Å². The zero-order valence-corrected chi connectivity index (χ0v) is 81.7. The fraction of sp³-hybridized carbons (Fsp3) is 0.703. The van der Waals surface area contributed by atoms with E-state index in [1.165, 1.54) is 182 Å². The molecule has 12 aliphatic carbocycles. The summed E-state index contributed by atoms with van der Waals surface area (Å²) in [6.45, 7) is 50.0. The second-order valence-electron chi connectivity index (χ2n) is 35.3. The molecule has 12 aliphatic rings. The molecule has 131 heavy (non-hydrogen) atoms. The van der Waals surface area contributed by atoms with E-state index in [1.54, 1.807) is 48.8 Å². The van der Waals surface area contributed by atoms with Crippen molar-refractivity contribution in [2.45, 2.75) is 305 Å². The number of carbonyl (C=O) groups is 10. The molecule has 0 aromatic rings. The smallest absolute Gasteiger partial charge is 0.335 e. The van der Waals surface area contributed by atoms with E-state index in [9.17, 15) is 47.9 Å². The van der Waals surface area contributed by atoms with Crippen LogP contribution in [0.1, 0.15) is 255 Å². The highest BCUT2D eigenvalue weighted by molar-refractivity contribution is 5.89. The molecule has 0 amide bonds. The Bertz CT molecular complexity index is 3390. The molecule has 4 atom stereocenters. The van der Waals surface area contributed by atoms with Crippen LogP contribution in [0.15, 0.2) is 124 Å². The minimum Gasteiger partial charge on any atom is -0.435 e. The second kappa shape index (κ2) is 71.3. The first kappa shape index (κ1) is 121. The Labute approximate surface area is 781 Å². The molecule has 0 aromatic carbocycles. The maximum atomic E-state index is 11.4. The molecular formula is C101H162O30. The van der Waals surface area contributed by atoms with Crippen molar-refractivity contribution in [1.29, 1.82) is 0 Å². The highest BCUT2D eigenvalue weighted by atomic mass is 16.7. The molecule has 0 aliphatic heterocycles. The van der Waals surface area contributed by atoms with E-state index in [2.05, 4.69) is 84.7 Å². The molecule has 0 N–H and O–H groups in total. The van der Waals surface area contributed by atoms with Gasteiger partial charge in [-0.05, 0) is 198 Å². The van der Waals surface area contributed by atoms with Gasteiger partial charge < -0.3 is 94.7 Å². The van der Waals surface area contributed by atoms with Crippen LogP contribution in [0.4, 0.5) is 0 Å². The van der Waals surface area contributed by atoms with Gasteiger partial charge in [-0.15, -0.1) is 0 Å². The van der Waals surface area contributed by atoms with Crippen molar-refractivity contribution in [2.75, 3.05) is 83.4 Å². The number of hydrogen-bond donors (Lipinski definition) is 0. The van der Waals surface area contributed by atoms with Gasteiger partial charge in [0.1, 0.15) is 0 Å². The van der Waals surface area contributed by atoms with Crippen molar-refractivity contribution >= 4 is 59.7 Å². The number of methoxy groups -OCH3 is 6. The largest absolute Gasteiger partial charge is 0.435 e. The minimum atomic E-state index is -0.478. The normalized spacial score (nSPS) is 22.5. The summed E-state index contributed by atoms with van der Waals surface area (Å²) in [5.41, 5.74) is 2.04. The number of rotatable bonds is 38. The van der Waals surface area contributed by atoms with Gasteiger partial charge in [-0.1, -0.05) is 171 Å². The maximum Gasteiger partial charge on any atom is 0.335 e. The lowest BCUT2D eigenvalue weighted by atomic mass is 9.55. The SMILES string of the molecule is C=C(C)C(=O)OC(OC)C(C)C.C=C(C)C(=O)OC(OC)C1CCCCC1.C=C(C)C(=O)OCOC.C=C(C)C(=O)OCOC1C2CC3CC(C2)CC1C3.C=C(C)C(=O)OCOC1CCCCC1.C=CC(=O)OC(OC)C(C)C.C=CC(=O)OC(OC)C1CCCCC1.C=CC(=O)OCOC.C=CC(=O)OCOC1C2CC3CC(C2)CC1C3.C=CC(=O)OCOC1CCCCC1. The lowest BCUT2D eigenvalue weighted by Crippen LogP contribution is -2.49. The molecule has 12 fully saturated rings. The molecule has 0 saturated heterocycles. The van der Waals surface area contributed by atoms with Crippen molar-refractivity contribution in [2.24, 2.45) is 71.0 Å². The average molecular weight is 1860 g/mol. The van der Waals surface area contributed by atoms with Crippen molar-refractivity contribution < 1.29 is 143 Å². The molecule has 8 bridgehead atoms. The summed E-state index contributed by atoms with van der Waals surface area (Å²) >= 11 is 0. The Hall–Kier alpha value is -8.30. The third kappa shape index (κ3) is 52.8. The summed E-state index contributed by atoms with van der Waals surface area (Å²) in [6, 6.07) is 0. The zero-order valence-electron chi connectivity index (χ0n) is 81.7. The third-order valence-corrected chi connectivity index (χ3v) is 23.5. The Morgan fingerprint density at radius 1 is 0.282 bits per heavy atom. The van der Waals surface area contributed by atoms with Gasteiger partial charge in [0.05, 0.1) is 24.4 Å². The predicted octanol–water partition coefficient (Wildman–Crippen LogP) is 18.9. The highest BCUT2D eigenvalue weighted by Gasteiger charge is 2.50. The quantitative estimate of drug-likeness (QED) is 0.0240. The lowest BCUT2D eigenvalue weighted by molar-refractivity contribution is -0.184. The lowest BCUT2D eigenvalue weighted by Gasteiger charge is -2.53. The first-order chi connectivity index (χ1) is 62.4. The second-order valence-corrected chi connectivity index (χ2v) is 35.3. The topological polar surface area (TPSA) is 355 Å². The standard InChI is InChI=1S/C15H22O3.C14H20O3.C12H20O3.2C11H18O3.C10H16O3.C9H16O3.C8H14O3.C6H10O3.C5H8O3/c1-9(2)15(16)18-8-17-14-12-4-10-3-11(6-12)7-13(14)5-10;1-2-13(15)16-8-17-14-11-4-9-3-10(6-11)7-12(14)5-9;1-9(2)11(13)15-12(14-3)10-7-5-4-6-8-10;1-9(2)11(12)14-8-13-10-6-4-3-5-7-10;1-3-10(12)14-11(13-2)9-7-5-4-6-8-9;1-2-10(11)13-8-12-9-6-4-3-5-7-9;1-6(2)8(10)12-9(11-5)7(3)4;1-5-7(9)11-8(10-4)6(2)3;1-5(2)6(7)9-4-8-3;1-3-5(6)8-4-7-2/h10-14H,1,3-8H2,2H3;2,9-12,14H,1,3-8H2;10,12H,1,4-8H2,2-3H3;10H,1,3-8H2,2H3;3,9,11H,1,4-8H2,2H3;2,9H,1,3-8H2;7,9H,1H2,2-5H3;5-6,8H,1H2,2-4H3;1,4H2,2-3H3;3H,1,4H2,2H3. The summed E-state index contributed by atoms with van der Waals surface area (Å²) in [6.07, 6.45) is 42.3. The number of esters is 10. The van der Waals surface area contributed by atoms with Crippen LogP contribution in [0.5, 0.6) is 0 Å². The van der Waals surface area contributed by atoms with Crippen LogP contribution in [-0.4, -0.2) is 193 Å². The monoisotopic (exact) mass is 1860 g/mol. The summed E-state index contributed by atoms with van der Waals surface area (Å²) in [7, 11) is 9.07. The van der Waals surface area contributed by atoms with Crippen LogP contribution >= 0.6 is 0 Å². The van der Waals surface area contributed by atoms with E-state index in [0.29, 0.717) is 75.6 Å². The molecule has 0 spiro atoms. The zero-order chi connectivity index (χ0) is 98.3. The van der Waals surface area contributed by atoms with Crippen LogP contribution in [-0.2, 0) is 143 Å². The molecule has 0 aromatic heterocycles. The van der Waals surface area contributed by atoms with Crippen molar-refractivity contribution in [3.63, 3.8) is 0 Å². The average Bonchev–Trinajstić information content (AvgIpc) is 0.769. The Morgan fingerprint density at radius 3 is 0.824 bits per heavy atom. The third-order valence-electron chi connectivity index (χ3n) is 23.5. The number of carbonyl (C=O) groups excluding carboxylic acids is 10. The Kier molecular flexibility index (Phi) is 65.7. The molecule has 30 nitrogen and oxygen atoms in total. The van der Waals surface area contributed by atoms with Gasteiger partial charge in [0, 0.05) is 125 Å². The van der Waals surface area contributed by atoms with Gasteiger partial charge >= 0.3 is 59.7 Å². The van der Waals surface area contributed by atoms with Crippen LogP contribution < -0.4 is 0 Å². The number of ether oxygens (including phenoxy) is 20. The molecule has 4 unspecified atom stereocenters. The Balaban J connectivity index is 0.000000734. The van der Waals surface area contributed by atoms with E-state index >= 15 is 0 Å². The molecule has 12 rings (SSSR count). The highest BCUT2D eigenvalue weighted by Crippen LogP contribution is 2.56. The van der Waals surface area contributed by atoms with E-state index in [1.807, 2.05) is 27.7 Å². The summed E-state index contributed by atoms with van der Waals surface area (Å²) in [5, 5.41) is 0. The van der Waals surface area contributed by atoms with Crippen molar-refractivity contribution in [3.8, 4) is 0 Å². The predicted molar refractivity (Wildman–Crippen MR) is 495 cm³/mol. The Morgan fingerprint density at radius 2 is 0.534 bits per heavy atom. The molecule has 30 heteroatoms. The summed E-state index contributed by atoms with van der Waals surface area (Å²) in [5.74, 6) is 3.64. The molecule has 0 radical (unpaired) electrons. The van der Waals surface area contributed by atoms with Gasteiger partial charge in [-0.2, -0.15) is 0 Å². The van der Waals surface area contributed by atoms with Crippen LogP contribution in [0.3, 0.4) is 0 Å². The van der Waals surface area contributed by atoms with E-state index in [0.717, 1.165) is 93.3 Å². The van der Waals surface area contributed by atoms with E-state index in [4.69, 9.17) is 75.8 Å². The van der Waals surface area contributed by atoms with E-state index in [-0.39, 0.29) is 89.0 Å². The first-order valence-electron chi connectivity index (χ1n) is 46.2. The van der Waals surface area contributed by atoms with Gasteiger partial charge in [0.15, 0.2) is 40.8 Å². The van der Waals surface area contributed by atoms with Gasteiger partial charge in [-0.3, -0.25) is 0 Å². The van der Waals surface area contributed by atoms with Gasteiger partial charge in [0.2, 0.25) is 25.2 Å². The fourth-order valence-electron chi connectivity index (χ4n) is 17.4. The molecule has 746 valence electrons. The van der Waals surface area contributed by atoms with Crippen LogP contribution in [0.25, 0.3) is 0 Å².